The van der Waals surface area contributed by atoms with Crippen molar-refractivity contribution in [3.63, 3.8) is 0 Å². The lowest BCUT2D eigenvalue weighted by Crippen LogP contribution is -2.61. The van der Waals surface area contributed by atoms with Gasteiger partial charge in [-0.25, -0.2) is 4.79 Å². The van der Waals surface area contributed by atoms with Gasteiger partial charge < -0.3 is 47.1 Å². The van der Waals surface area contributed by atoms with Gasteiger partial charge in [0.05, 0.1) is 6.42 Å². The third-order valence-corrected chi connectivity index (χ3v) is 11.4. The molecule has 6 amide bonds. The number of aromatic nitrogens is 1. The minimum atomic E-state index is -1.72. The van der Waals surface area contributed by atoms with Gasteiger partial charge in [0.1, 0.15) is 36.3 Å². The quantitative estimate of drug-likeness (QED) is 0.0491. The summed E-state index contributed by atoms with van der Waals surface area (Å²) < 4.78 is 0. The van der Waals surface area contributed by atoms with Crippen molar-refractivity contribution in [2.24, 2.45) is 17.8 Å². The first-order valence-electron chi connectivity index (χ1n) is 22.2. The summed E-state index contributed by atoms with van der Waals surface area (Å²) in [5.74, 6) is -9.37. The maximum absolute atomic E-state index is 14.3. The molecule has 1 heterocycles. The molecule has 4 aromatic rings. The van der Waals surface area contributed by atoms with Gasteiger partial charge in [0.25, 0.3) is 0 Å². The first-order chi connectivity index (χ1) is 31.3. The number of carbonyl (C=O) groups is 8. The molecule has 0 bridgehead atoms. The molecule has 1 aromatic heterocycles. The predicted molar refractivity (Wildman–Crippen MR) is 248 cm³/mol. The van der Waals surface area contributed by atoms with Gasteiger partial charge in [-0.3, -0.25) is 33.6 Å². The number of aliphatic carboxylic acids is 2. The topological polar surface area (TPSA) is 265 Å². The second-order valence-corrected chi connectivity index (χ2v) is 17.4. The molecule has 0 radical (unpaired) electrons. The molecule has 354 valence electrons. The second-order valence-electron chi connectivity index (χ2n) is 17.4. The molecule has 0 unspecified atom stereocenters. The number of hydrogen-bond donors (Lipinski definition) is 9. The first-order valence-corrected chi connectivity index (χ1v) is 22.2. The molecule has 0 saturated carbocycles. The Labute approximate surface area is 384 Å². The van der Waals surface area contributed by atoms with Gasteiger partial charge in [-0.05, 0) is 46.9 Å². The SMILES string of the molecule is CC[C@H](C)[C@H](NC(=O)[C@H](CC(=O)O)NC(=O)[C@H](CC(C)C)NC(=O)[C@@H](NC(C)=O)C(c1ccccc1)c1ccccc1)C(=O)N[C@H](C(=O)N[C@@H](Cc1c[nH]c2ccccc12)C(=O)O)C(C)C. The number of hydrogen-bond acceptors (Lipinski definition) is 8. The Morgan fingerprint density at radius 3 is 1.61 bits per heavy atom. The average Bonchev–Trinajstić information content (AvgIpc) is 3.68. The number of nitrogens with one attached hydrogen (secondary N) is 7. The van der Waals surface area contributed by atoms with E-state index in [0.717, 1.165) is 10.9 Å². The zero-order valence-electron chi connectivity index (χ0n) is 38.4. The van der Waals surface area contributed by atoms with E-state index < -0.39 is 108 Å². The lowest BCUT2D eigenvalue weighted by molar-refractivity contribution is -0.142. The number of H-pyrrole nitrogens is 1. The van der Waals surface area contributed by atoms with E-state index in [9.17, 15) is 48.6 Å². The average molecular weight is 910 g/mol. The number of aromatic amines is 1. The van der Waals surface area contributed by atoms with Crippen molar-refractivity contribution >= 4 is 58.3 Å². The van der Waals surface area contributed by atoms with Crippen LogP contribution in [0.5, 0.6) is 0 Å². The van der Waals surface area contributed by atoms with Crippen molar-refractivity contribution < 1.29 is 48.6 Å². The number of rotatable bonds is 24. The van der Waals surface area contributed by atoms with Crippen molar-refractivity contribution in [1.82, 2.24) is 36.9 Å². The number of fused-ring (bicyclic) bond motifs is 1. The van der Waals surface area contributed by atoms with Crippen molar-refractivity contribution in [1.29, 1.82) is 0 Å². The first kappa shape index (κ1) is 51.6. The summed E-state index contributed by atoms with van der Waals surface area (Å²) in [6.07, 6.45) is 1.15. The number of benzene rings is 3. The molecule has 17 heteroatoms. The highest BCUT2D eigenvalue weighted by atomic mass is 16.4. The Balaban J connectivity index is 1.54. The highest BCUT2D eigenvalue weighted by molar-refractivity contribution is 5.98. The van der Waals surface area contributed by atoms with Crippen LogP contribution in [0.2, 0.25) is 0 Å². The Morgan fingerprint density at radius 2 is 1.08 bits per heavy atom. The van der Waals surface area contributed by atoms with Crippen LogP contribution < -0.4 is 31.9 Å². The Kier molecular flexibility index (Phi) is 19.0. The van der Waals surface area contributed by atoms with Crippen molar-refractivity contribution in [2.45, 2.75) is 116 Å². The van der Waals surface area contributed by atoms with Crippen LogP contribution in [-0.4, -0.2) is 98.8 Å². The standard InChI is InChI=1S/C49H63N7O10/c1-8-29(6)42(47(63)55-41(28(4)5)46(62)54-38(49(65)66)24-33-26-50-35-22-16-15-21-34(33)35)56-45(61)37(25-39(58)59)52-44(60)36(23-27(2)3)53-48(64)43(51-30(7)57)40(31-17-11-9-12-18-31)32-19-13-10-14-20-32/h9-22,26-29,36-38,40-43,50H,8,23-25H2,1-7H3,(H,51,57)(H,52,60)(H,53,64)(H,54,62)(H,55,63)(H,56,61)(H,58,59)(H,65,66)/t29-,36-,37-,38-,41-,42-,43-/m0/s1. The summed E-state index contributed by atoms with van der Waals surface area (Å²) in [6, 6.07) is 17.3. The summed E-state index contributed by atoms with van der Waals surface area (Å²) in [5, 5.41) is 36.5. The number of carboxylic acid groups (broad SMARTS) is 2. The maximum atomic E-state index is 14.3. The van der Waals surface area contributed by atoms with Crippen LogP contribution in [0.3, 0.4) is 0 Å². The fourth-order valence-corrected chi connectivity index (χ4v) is 7.75. The lowest BCUT2D eigenvalue weighted by atomic mass is 9.84. The van der Waals surface area contributed by atoms with Crippen LogP contribution in [0.4, 0.5) is 0 Å². The minimum Gasteiger partial charge on any atom is -0.481 e. The predicted octanol–water partition coefficient (Wildman–Crippen LogP) is 3.78. The van der Waals surface area contributed by atoms with Crippen molar-refractivity contribution in [2.75, 3.05) is 0 Å². The Bertz CT molecular complexity index is 2280. The number of amides is 6. The van der Waals surface area contributed by atoms with E-state index in [1.165, 1.54) is 6.92 Å². The molecule has 7 atom stereocenters. The normalized spacial score (nSPS) is 14.5. The largest absolute Gasteiger partial charge is 0.481 e. The van der Waals surface area contributed by atoms with Gasteiger partial charge in [0, 0.05) is 36.4 Å². The molecular formula is C49H63N7O10. The van der Waals surface area contributed by atoms with Gasteiger partial charge in [-0.15, -0.1) is 0 Å². The number of carboxylic acids is 2. The molecule has 66 heavy (non-hydrogen) atoms. The summed E-state index contributed by atoms with van der Waals surface area (Å²) in [6.45, 7) is 11.6. The lowest BCUT2D eigenvalue weighted by Gasteiger charge is -2.31. The molecule has 4 rings (SSSR count). The third-order valence-electron chi connectivity index (χ3n) is 11.4. The van der Waals surface area contributed by atoms with E-state index in [2.05, 4.69) is 36.9 Å². The van der Waals surface area contributed by atoms with E-state index in [1.54, 1.807) is 58.2 Å². The van der Waals surface area contributed by atoms with E-state index >= 15 is 0 Å². The molecular weight excluding hydrogens is 847 g/mol. The maximum Gasteiger partial charge on any atom is 0.326 e. The van der Waals surface area contributed by atoms with Crippen molar-refractivity contribution in [3.05, 3.63) is 108 Å². The highest BCUT2D eigenvalue weighted by Gasteiger charge is 2.38. The van der Waals surface area contributed by atoms with Gasteiger partial charge in [-0.2, -0.15) is 0 Å². The Morgan fingerprint density at radius 1 is 0.576 bits per heavy atom. The van der Waals surface area contributed by atoms with Gasteiger partial charge >= 0.3 is 11.9 Å². The molecule has 0 aliphatic rings. The molecule has 0 aliphatic carbocycles. The van der Waals surface area contributed by atoms with Crippen LogP contribution in [0.15, 0.2) is 91.1 Å². The molecule has 0 fully saturated rings. The monoisotopic (exact) mass is 909 g/mol. The van der Waals surface area contributed by atoms with E-state index in [1.807, 2.05) is 74.5 Å². The zero-order valence-corrected chi connectivity index (χ0v) is 38.4. The highest BCUT2D eigenvalue weighted by Crippen LogP contribution is 2.29. The number of para-hydroxylation sites is 1. The molecule has 0 aliphatic heterocycles. The van der Waals surface area contributed by atoms with Gasteiger partial charge in [0.2, 0.25) is 35.4 Å². The second kappa shape index (κ2) is 24.3. The van der Waals surface area contributed by atoms with Crippen LogP contribution >= 0.6 is 0 Å². The molecule has 9 N–H and O–H groups in total. The zero-order chi connectivity index (χ0) is 48.7. The summed E-state index contributed by atoms with van der Waals surface area (Å²) in [4.78, 5) is 110. The summed E-state index contributed by atoms with van der Waals surface area (Å²) >= 11 is 0. The summed E-state index contributed by atoms with van der Waals surface area (Å²) in [5.41, 5.74) is 2.89. The minimum absolute atomic E-state index is 0.0500. The van der Waals surface area contributed by atoms with Crippen molar-refractivity contribution in [3.8, 4) is 0 Å². The van der Waals surface area contributed by atoms with Crippen LogP contribution in [0.1, 0.15) is 90.3 Å². The molecule has 3 aromatic carbocycles. The van der Waals surface area contributed by atoms with E-state index in [4.69, 9.17) is 0 Å². The van der Waals surface area contributed by atoms with Gasteiger partial charge in [0.15, 0.2) is 0 Å². The Hall–Kier alpha value is -7.04. The molecule has 0 saturated heterocycles. The third kappa shape index (κ3) is 14.5. The van der Waals surface area contributed by atoms with Gasteiger partial charge in [-0.1, -0.05) is 127 Å². The summed E-state index contributed by atoms with van der Waals surface area (Å²) in [7, 11) is 0. The fraction of sp³-hybridized carbons (Fsp3) is 0.429. The van der Waals surface area contributed by atoms with Crippen LogP contribution in [-0.2, 0) is 44.8 Å². The molecule has 0 spiro atoms. The van der Waals surface area contributed by atoms with Crippen LogP contribution in [0.25, 0.3) is 10.9 Å². The number of carbonyl (C=O) groups excluding carboxylic acids is 6. The van der Waals surface area contributed by atoms with E-state index in [-0.39, 0.29) is 18.8 Å². The molecule has 17 nitrogen and oxygen atoms in total. The van der Waals surface area contributed by atoms with E-state index in [0.29, 0.717) is 23.1 Å². The smallest absolute Gasteiger partial charge is 0.326 e. The van der Waals surface area contributed by atoms with Crippen LogP contribution in [0, 0.1) is 17.8 Å². The fourth-order valence-electron chi connectivity index (χ4n) is 7.75.